The summed E-state index contributed by atoms with van der Waals surface area (Å²) in [4.78, 5) is 9.71. The molecule has 0 aromatic carbocycles. The van der Waals surface area contributed by atoms with Gasteiger partial charge >= 0.3 is 0 Å². The van der Waals surface area contributed by atoms with Crippen LogP contribution in [0, 0.1) is 0 Å². The molecule has 1 aromatic heterocycles. The number of aromatic nitrogens is 1. The minimum atomic E-state index is 0.740. The summed E-state index contributed by atoms with van der Waals surface area (Å²) in [6, 6.07) is 4.59. The summed E-state index contributed by atoms with van der Waals surface area (Å²) in [5.74, 6) is 0.889. The van der Waals surface area contributed by atoms with Gasteiger partial charge in [-0.05, 0) is 44.5 Å². The van der Waals surface area contributed by atoms with Gasteiger partial charge in [0.2, 0.25) is 0 Å². The number of nitrogens with zero attached hydrogens (tertiary/aromatic N) is 3. The van der Waals surface area contributed by atoms with Crippen LogP contribution in [0.4, 0.5) is 5.82 Å². The van der Waals surface area contributed by atoms with Crippen LogP contribution < -0.4 is 5.32 Å². The normalized spacial score (nSPS) is 24.4. The van der Waals surface area contributed by atoms with E-state index in [1.807, 2.05) is 19.2 Å². The Morgan fingerprint density at radius 1 is 1.30 bits per heavy atom. The van der Waals surface area contributed by atoms with Crippen LogP contribution in [0.2, 0.25) is 5.02 Å². The molecule has 2 fully saturated rings. The Morgan fingerprint density at radius 2 is 2.10 bits per heavy atom. The SMILES string of the molecule is CNc1ccc(Cl)c(CN2CCC(N3CCCC3)C2)n1. The third kappa shape index (κ3) is 3.08. The number of hydrogen-bond donors (Lipinski definition) is 1. The van der Waals surface area contributed by atoms with E-state index in [4.69, 9.17) is 11.6 Å². The Labute approximate surface area is 126 Å². The highest BCUT2D eigenvalue weighted by atomic mass is 35.5. The smallest absolute Gasteiger partial charge is 0.126 e. The highest BCUT2D eigenvalue weighted by Crippen LogP contribution is 2.24. The predicted molar refractivity (Wildman–Crippen MR) is 83.3 cm³/mol. The van der Waals surface area contributed by atoms with Crippen LogP contribution in [0.25, 0.3) is 0 Å². The van der Waals surface area contributed by atoms with Gasteiger partial charge in [0.1, 0.15) is 5.82 Å². The van der Waals surface area contributed by atoms with Crippen LogP contribution in [-0.4, -0.2) is 54.1 Å². The summed E-state index contributed by atoms with van der Waals surface area (Å²) in [7, 11) is 1.89. The maximum absolute atomic E-state index is 6.27. The zero-order valence-electron chi connectivity index (χ0n) is 12.1. The van der Waals surface area contributed by atoms with Crippen LogP contribution in [-0.2, 0) is 6.54 Å². The molecule has 0 saturated carbocycles. The van der Waals surface area contributed by atoms with Crippen LogP contribution in [0.1, 0.15) is 25.0 Å². The minimum absolute atomic E-state index is 0.740. The van der Waals surface area contributed by atoms with E-state index in [1.165, 1.54) is 32.4 Å². The summed E-state index contributed by atoms with van der Waals surface area (Å²) >= 11 is 6.27. The van der Waals surface area contributed by atoms with Gasteiger partial charge in [0.05, 0.1) is 10.7 Å². The number of anilines is 1. The Kier molecular flexibility index (Phi) is 4.44. The Hall–Kier alpha value is -0.840. The van der Waals surface area contributed by atoms with Gasteiger partial charge in [-0.25, -0.2) is 4.98 Å². The van der Waals surface area contributed by atoms with Crippen molar-refractivity contribution < 1.29 is 0 Å². The largest absolute Gasteiger partial charge is 0.373 e. The van der Waals surface area contributed by atoms with E-state index < -0.39 is 0 Å². The third-order valence-electron chi connectivity index (χ3n) is 4.45. The second-order valence-electron chi connectivity index (χ2n) is 5.80. The second-order valence-corrected chi connectivity index (χ2v) is 6.20. The van der Waals surface area contributed by atoms with Crippen molar-refractivity contribution in [3.63, 3.8) is 0 Å². The monoisotopic (exact) mass is 294 g/mol. The van der Waals surface area contributed by atoms with Crippen molar-refractivity contribution >= 4 is 17.4 Å². The molecule has 1 atom stereocenters. The molecular formula is C15H23ClN4. The number of halogens is 1. The first-order chi connectivity index (χ1) is 9.76. The number of rotatable bonds is 4. The first-order valence-corrected chi connectivity index (χ1v) is 7.93. The highest BCUT2D eigenvalue weighted by molar-refractivity contribution is 6.31. The van der Waals surface area contributed by atoms with Crippen molar-refractivity contribution in [1.82, 2.24) is 14.8 Å². The average Bonchev–Trinajstić information content (AvgIpc) is 3.12. The summed E-state index contributed by atoms with van der Waals surface area (Å²) < 4.78 is 0. The van der Waals surface area contributed by atoms with Crippen LogP contribution >= 0.6 is 11.6 Å². The maximum Gasteiger partial charge on any atom is 0.126 e. The molecule has 3 rings (SSSR count). The first-order valence-electron chi connectivity index (χ1n) is 7.56. The van der Waals surface area contributed by atoms with Gasteiger partial charge in [-0.2, -0.15) is 0 Å². The summed E-state index contributed by atoms with van der Waals surface area (Å²) in [5.41, 5.74) is 0.987. The molecule has 1 aromatic rings. The molecule has 20 heavy (non-hydrogen) atoms. The van der Waals surface area contributed by atoms with E-state index >= 15 is 0 Å². The van der Waals surface area contributed by atoms with E-state index in [1.54, 1.807) is 0 Å². The molecule has 2 aliphatic heterocycles. The molecule has 1 unspecified atom stereocenters. The minimum Gasteiger partial charge on any atom is -0.373 e. The Bertz CT molecular complexity index is 459. The molecule has 110 valence electrons. The van der Waals surface area contributed by atoms with Gasteiger partial charge in [-0.15, -0.1) is 0 Å². The molecule has 4 nitrogen and oxygen atoms in total. The zero-order chi connectivity index (χ0) is 13.9. The van der Waals surface area contributed by atoms with E-state index in [0.29, 0.717) is 0 Å². The Balaban J connectivity index is 1.61. The van der Waals surface area contributed by atoms with Gasteiger partial charge in [-0.1, -0.05) is 11.6 Å². The molecule has 0 amide bonds. The molecule has 1 N–H and O–H groups in total. The molecule has 0 spiro atoms. The molecule has 0 bridgehead atoms. The van der Waals surface area contributed by atoms with Gasteiger partial charge in [0.25, 0.3) is 0 Å². The fourth-order valence-corrected chi connectivity index (χ4v) is 3.47. The van der Waals surface area contributed by atoms with Crippen molar-refractivity contribution in [2.75, 3.05) is 38.5 Å². The maximum atomic E-state index is 6.27. The lowest BCUT2D eigenvalue weighted by Gasteiger charge is -2.23. The van der Waals surface area contributed by atoms with Gasteiger partial charge in [0.15, 0.2) is 0 Å². The first kappa shape index (κ1) is 14.1. The van der Waals surface area contributed by atoms with Crippen molar-refractivity contribution in [1.29, 1.82) is 0 Å². The standard InChI is InChI=1S/C15H23ClN4/c1-17-15-5-4-13(16)14(18-15)11-19-9-6-12(10-19)20-7-2-3-8-20/h4-5,12H,2-3,6-11H2,1H3,(H,17,18). The molecule has 0 aliphatic carbocycles. The lowest BCUT2D eigenvalue weighted by Crippen LogP contribution is -2.35. The lowest BCUT2D eigenvalue weighted by atomic mass is 10.2. The van der Waals surface area contributed by atoms with Gasteiger partial charge in [0, 0.05) is 32.7 Å². The fourth-order valence-electron chi connectivity index (χ4n) is 3.31. The molecule has 2 saturated heterocycles. The van der Waals surface area contributed by atoms with Crippen LogP contribution in [0.3, 0.4) is 0 Å². The second kappa shape index (κ2) is 6.29. The molecular weight excluding hydrogens is 272 g/mol. The quantitative estimate of drug-likeness (QED) is 0.924. The summed E-state index contributed by atoms with van der Waals surface area (Å²) in [6.45, 7) is 5.74. The molecule has 5 heteroatoms. The van der Waals surface area contributed by atoms with E-state index in [-0.39, 0.29) is 0 Å². The van der Waals surface area contributed by atoms with Crippen LogP contribution in [0.5, 0.6) is 0 Å². The van der Waals surface area contributed by atoms with Crippen molar-refractivity contribution in [3.8, 4) is 0 Å². The number of likely N-dealkylation sites (tertiary alicyclic amines) is 2. The molecule has 2 aliphatic rings. The summed E-state index contributed by atoms with van der Waals surface area (Å²) in [6.07, 6.45) is 4.02. The molecule has 3 heterocycles. The molecule has 0 radical (unpaired) electrons. The van der Waals surface area contributed by atoms with Gasteiger partial charge in [-0.3, -0.25) is 9.80 Å². The Morgan fingerprint density at radius 3 is 2.85 bits per heavy atom. The van der Waals surface area contributed by atoms with E-state index in [2.05, 4.69) is 20.1 Å². The van der Waals surface area contributed by atoms with Crippen molar-refractivity contribution in [2.24, 2.45) is 0 Å². The van der Waals surface area contributed by atoms with E-state index in [0.717, 1.165) is 42.2 Å². The van der Waals surface area contributed by atoms with Crippen molar-refractivity contribution in [3.05, 3.63) is 22.8 Å². The van der Waals surface area contributed by atoms with Crippen molar-refractivity contribution in [2.45, 2.75) is 31.8 Å². The third-order valence-corrected chi connectivity index (χ3v) is 4.80. The average molecular weight is 295 g/mol. The lowest BCUT2D eigenvalue weighted by molar-refractivity contribution is 0.229. The fraction of sp³-hybridized carbons (Fsp3) is 0.667. The van der Waals surface area contributed by atoms with E-state index in [9.17, 15) is 0 Å². The topological polar surface area (TPSA) is 31.4 Å². The predicted octanol–water partition coefficient (Wildman–Crippen LogP) is 2.45. The number of pyridine rings is 1. The number of hydrogen-bond acceptors (Lipinski definition) is 4. The summed E-state index contributed by atoms with van der Waals surface area (Å²) in [5, 5.41) is 3.85. The van der Waals surface area contributed by atoms with Crippen LogP contribution in [0.15, 0.2) is 12.1 Å². The number of nitrogens with one attached hydrogen (secondary N) is 1. The highest BCUT2D eigenvalue weighted by Gasteiger charge is 2.29. The zero-order valence-corrected chi connectivity index (χ0v) is 12.9. The van der Waals surface area contributed by atoms with Gasteiger partial charge < -0.3 is 5.32 Å².